The highest BCUT2D eigenvalue weighted by molar-refractivity contribution is 6.00. The van der Waals surface area contributed by atoms with Crippen LogP contribution < -0.4 is 4.74 Å². The molecule has 0 saturated carbocycles. The molecule has 0 heterocycles. The lowest BCUT2D eigenvalue weighted by atomic mass is 9.97. The molecule has 2 nitrogen and oxygen atoms in total. The van der Waals surface area contributed by atoms with Crippen LogP contribution in [-0.2, 0) is 0 Å². The number of hydrogen-bond donors (Lipinski definition) is 0. The van der Waals surface area contributed by atoms with Crippen LogP contribution in [0.3, 0.4) is 0 Å². The molecule has 0 fully saturated rings. The van der Waals surface area contributed by atoms with Crippen LogP contribution in [-0.4, -0.2) is 11.9 Å². The fraction of sp³-hybridized carbons (Fsp3) is 0.235. The number of hydrogen-bond acceptors (Lipinski definition) is 2. The molecule has 0 aliphatic carbocycles. The molecular weight excluding hydrogens is 236 g/mol. The van der Waals surface area contributed by atoms with Crippen molar-refractivity contribution < 1.29 is 9.53 Å². The third-order valence-electron chi connectivity index (χ3n) is 2.82. The molecule has 2 rings (SSSR count). The highest BCUT2D eigenvalue weighted by Crippen LogP contribution is 2.27. The lowest BCUT2D eigenvalue weighted by Crippen LogP contribution is -2.05. The lowest BCUT2D eigenvalue weighted by Gasteiger charge is -2.12. The van der Waals surface area contributed by atoms with Crippen molar-refractivity contribution in [3.05, 3.63) is 54.1 Å². The first-order valence-corrected chi connectivity index (χ1v) is 6.45. The molecule has 19 heavy (non-hydrogen) atoms. The van der Waals surface area contributed by atoms with Gasteiger partial charge in [0.1, 0.15) is 5.75 Å². The molecule has 0 amide bonds. The Kier molecular flexibility index (Phi) is 4.00. The molecule has 98 valence electrons. The largest absolute Gasteiger partial charge is 0.491 e. The van der Waals surface area contributed by atoms with Gasteiger partial charge in [0.2, 0.25) is 0 Å². The average Bonchev–Trinajstić information content (AvgIpc) is 2.38. The fourth-order valence-corrected chi connectivity index (χ4v) is 2.05. The van der Waals surface area contributed by atoms with E-state index in [1.807, 2.05) is 62.4 Å². The molecule has 0 spiro atoms. The third-order valence-corrected chi connectivity index (χ3v) is 2.82. The highest BCUT2D eigenvalue weighted by Gasteiger charge is 2.09. The van der Waals surface area contributed by atoms with E-state index < -0.39 is 0 Å². The first-order chi connectivity index (χ1) is 9.08. The van der Waals surface area contributed by atoms with E-state index in [1.165, 1.54) is 0 Å². The Balaban J connectivity index is 2.44. The summed E-state index contributed by atoms with van der Waals surface area (Å²) in [4.78, 5) is 11.7. The minimum absolute atomic E-state index is 0.0748. The SMILES string of the molecule is CC(=O)c1ccccc1-c1cccc(OC(C)C)c1. The van der Waals surface area contributed by atoms with Gasteiger partial charge >= 0.3 is 0 Å². The van der Waals surface area contributed by atoms with E-state index in [4.69, 9.17) is 4.74 Å². The van der Waals surface area contributed by atoms with Crippen LogP contribution in [0.1, 0.15) is 31.1 Å². The van der Waals surface area contributed by atoms with Crippen LogP contribution in [0.5, 0.6) is 5.75 Å². The molecule has 2 aromatic rings. The van der Waals surface area contributed by atoms with Crippen molar-refractivity contribution in [3.63, 3.8) is 0 Å². The maximum atomic E-state index is 11.7. The van der Waals surface area contributed by atoms with Gasteiger partial charge in [-0.3, -0.25) is 4.79 Å². The zero-order valence-corrected chi connectivity index (χ0v) is 11.5. The first-order valence-electron chi connectivity index (χ1n) is 6.45. The lowest BCUT2D eigenvalue weighted by molar-refractivity contribution is 0.101. The summed E-state index contributed by atoms with van der Waals surface area (Å²) in [6.07, 6.45) is 0.137. The summed E-state index contributed by atoms with van der Waals surface area (Å²) in [6, 6.07) is 15.5. The van der Waals surface area contributed by atoms with Crippen LogP contribution in [0.2, 0.25) is 0 Å². The number of carbonyl (C=O) groups is 1. The van der Waals surface area contributed by atoms with Crippen LogP contribution in [0, 0.1) is 0 Å². The fourth-order valence-electron chi connectivity index (χ4n) is 2.05. The van der Waals surface area contributed by atoms with Crippen molar-refractivity contribution in [1.29, 1.82) is 0 Å². The Labute approximate surface area is 114 Å². The second-order valence-corrected chi connectivity index (χ2v) is 4.80. The van der Waals surface area contributed by atoms with Crippen LogP contribution in [0.25, 0.3) is 11.1 Å². The van der Waals surface area contributed by atoms with Crippen molar-refractivity contribution in [2.45, 2.75) is 26.9 Å². The van der Waals surface area contributed by atoms with Crippen molar-refractivity contribution in [2.75, 3.05) is 0 Å². The van der Waals surface area contributed by atoms with Gasteiger partial charge in [0.15, 0.2) is 5.78 Å². The summed E-state index contributed by atoms with van der Waals surface area (Å²) in [5, 5.41) is 0. The van der Waals surface area contributed by atoms with Gasteiger partial charge in [-0.15, -0.1) is 0 Å². The third kappa shape index (κ3) is 3.22. The smallest absolute Gasteiger partial charge is 0.160 e. The molecule has 0 bridgehead atoms. The standard InChI is InChI=1S/C17H18O2/c1-12(2)19-15-8-6-7-14(11-15)17-10-5-4-9-16(17)13(3)18/h4-12H,1-3H3. The molecule has 0 radical (unpaired) electrons. The maximum Gasteiger partial charge on any atom is 0.160 e. The second kappa shape index (κ2) is 5.70. The van der Waals surface area contributed by atoms with E-state index in [9.17, 15) is 4.79 Å². The molecule has 0 aliphatic heterocycles. The van der Waals surface area contributed by atoms with E-state index in [0.717, 1.165) is 22.4 Å². The summed E-state index contributed by atoms with van der Waals surface area (Å²) < 4.78 is 5.69. The molecule has 0 unspecified atom stereocenters. The number of benzene rings is 2. The number of ketones is 1. The van der Waals surface area contributed by atoms with Gasteiger partial charge in [-0.2, -0.15) is 0 Å². The highest BCUT2D eigenvalue weighted by atomic mass is 16.5. The van der Waals surface area contributed by atoms with Crippen molar-refractivity contribution in [3.8, 4) is 16.9 Å². The molecule has 0 aromatic heterocycles. The molecule has 0 atom stereocenters. The predicted octanol–water partition coefficient (Wildman–Crippen LogP) is 4.34. The van der Waals surface area contributed by atoms with Crippen molar-refractivity contribution >= 4 is 5.78 Å². The van der Waals surface area contributed by atoms with Gasteiger partial charge in [0.05, 0.1) is 6.10 Å². The van der Waals surface area contributed by atoms with Gasteiger partial charge in [-0.1, -0.05) is 36.4 Å². The second-order valence-electron chi connectivity index (χ2n) is 4.80. The van der Waals surface area contributed by atoms with Crippen LogP contribution >= 0.6 is 0 Å². The van der Waals surface area contributed by atoms with Gasteiger partial charge < -0.3 is 4.74 Å². The summed E-state index contributed by atoms with van der Waals surface area (Å²) in [6.45, 7) is 5.58. The van der Waals surface area contributed by atoms with Gasteiger partial charge in [0, 0.05) is 5.56 Å². The van der Waals surface area contributed by atoms with E-state index in [0.29, 0.717) is 0 Å². The quantitative estimate of drug-likeness (QED) is 0.758. The van der Waals surface area contributed by atoms with E-state index >= 15 is 0 Å². The Morgan fingerprint density at radius 3 is 2.47 bits per heavy atom. The Bertz CT molecular complexity index is 585. The summed E-state index contributed by atoms with van der Waals surface area (Å²) in [5.41, 5.74) is 2.69. The van der Waals surface area contributed by atoms with E-state index in [1.54, 1.807) is 6.92 Å². The van der Waals surface area contributed by atoms with Crippen molar-refractivity contribution in [2.24, 2.45) is 0 Å². The first kappa shape index (κ1) is 13.3. The van der Waals surface area contributed by atoms with Crippen LogP contribution in [0.15, 0.2) is 48.5 Å². The molecule has 0 N–H and O–H groups in total. The topological polar surface area (TPSA) is 26.3 Å². The predicted molar refractivity (Wildman–Crippen MR) is 77.6 cm³/mol. The molecular formula is C17H18O2. The zero-order chi connectivity index (χ0) is 13.8. The molecule has 2 heteroatoms. The minimum atomic E-state index is 0.0748. The molecule has 2 aromatic carbocycles. The van der Waals surface area contributed by atoms with Gasteiger partial charge in [-0.05, 0) is 44.0 Å². The Morgan fingerprint density at radius 1 is 1.05 bits per heavy atom. The molecule has 0 aliphatic rings. The minimum Gasteiger partial charge on any atom is -0.491 e. The Hall–Kier alpha value is -2.09. The summed E-state index contributed by atoms with van der Waals surface area (Å²) in [7, 11) is 0. The number of Topliss-reactive ketones (excluding diaryl/α,β-unsaturated/α-hetero) is 1. The van der Waals surface area contributed by atoms with E-state index in [-0.39, 0.29) is 11.9 Å². The molecule has 0 saturated heterocycles. The number of carbonyl (C=O) groups excluding carboxylic acids is 1. The zero-order valence-electron chi connectivity index (χ0n) is 11.5. The van der Waals surface area contributed by atoms with Crippen LogP contribution in [0.4, 0.5) is 0 Å². The van der Waals surface area contributed by atoms with Gasteiger partial charge in [-0.25, -0.2) is 0 Å². The monoisotopic (exact) mass is 254 g/mol. The summed E-state index contributed by atoms with van der Waals surface area (Å²) >= 11 is 0. The maximum absolute atomic E-state index is 11.7. The van der Waals surface area contributed by atoms with Crippen molar-refractivity contribution in [1.82, 2.24) is 0 Å². The normalized spacial score (nSPS) is 10.5. The average molecular weight is 254 g/mol. The summed E-state index contributed by atoms with van der Waals surface area (Å²) in [5.74, 6) is 0.900. The Morgan fingerprint density at radius 2 is 1.79 bits per heavy atom. The number of ether oxygens (including phenoxy) is 1. The van der Waals surface area contributed by atoms with Gasteiger partial charge in [0.25, 0.3) is 0 Å². The number of rotatable bonds is 4. The van der Waals surface area contributed by atoms with E-state index in [2.05, 4.69) is 0 Å².